The van der Waals surface area contributed by atoms with Crippen LogP contribution >= 0.6 is 0 Å². The van der Waals surface area contributed by atoms with Crippen LogP contribution in [0.3, 0.4) is 0 Å². The Bertz CT molecular complexity index is 307. The maximum Gasteiger partial charge on any atom is 0.244 e. The van der Waals surface area contributed by atoms with Gasteiger partial charge >= 0.3 is 0 Å². The van der Waals surface area contributed by atoms with Crippen LogP contribution in [-0.4, -0.2) is 41.5 Å². The summed E-state index contributed by atoms with van der Waals surface area (Å²) in [4.78, 5) is 4.28. The standard InChI is InChI=1S/C10H19N5O/c1-4-8(2)13-9-7-12-15-10(14-9)11-5-6-16-3/h7-8H,4-6H2,1-3H3,(H2,11,13,14,15). The van der Waals surface area contributed by atoms with E-state index in [4.69, 9.17) is 4.74 Å². The fraction of sp³-hybridized carbons (Fsp3) is 0.700. The molecule has 0 aliphatic carbocycles. The number of methoxy groups -OCH3 is 1. The van der Waals surface area contributed by atoms with Crippen LogP contribution in [0.25, 0.3) is 0 Å². The summed E-state index contributed by atoms with van der Waals surface area (Å²) in [6.07, 6.45) is 2.66. The van der Waals surface area contributed by atoms with Gasteiger partial charge in [0.05, 0.1) is 12.8 Å². The van der Waals surface area contributed by atoms with Gasteiger partial charge in [0.25, 0.3) is 0 Å². The number of nitrogens with one attached hydrogen (secondary N) is 2. The molecule has 0 radical (unpaired) electrons. The SMILES string of the molecule is CCC(C)Nc1cnnc(NCCOC)n1. The van der Waals surface area contributed by atoms with Crippen molar-refractivity contribution >= 4 is 11.8 Å². The molecular weight excluding hydrogens is 206 g/mol. The lowest BCUT2D eigenvalue weighted by Crippen LogP contribution is -2.16. The first-order chi connectivity index (χ1) is 7.76. The molecule has 2 N–H and O–H groups in total. The summed E-state index contributed by atoms with van der Waals surface area (Å²) in [6, 6.07) is 0.378. The molecule has 1 aromatic heterocycles. The van der Waals surface area contributed by atoms with Crippen molar-refractivity contribution in [2.24, 2.45) is 0 Å². The van der Waals surface area contributed by atoms with Gasteiger partial charge in [-0.15, -0.1) is 5.10 Å². The van der Waals surface area contributed by atoms with Crippen molar-refractivity contribution < 1.29 is 4.74 Å². The van der Waals surface area contributed by atoms with Gasteiger partial charge in [-0.2, -0.15) is 10.1 Å². The van der Waals surface area contributed by atoms with E-state index >= 15 is 0 Å². The minimum absolute atomic E-state index is 0.378. The molecule has 6 nitrogen and oxygen atoms in total. The van der Waals surface area contributed by atoms with Crippen LogP contribution in [0.1, 0.15) is 20.3 Å². The van der Waals surface area contributed by atoms with Crippen LogP contribution in [0, 0.1) is 0 Å². The third-order valence-corrected chi connectivity index (χ3v) is 2.15. The van der Waals surface area contributed by atoms with Gasteiger partial charge in [0.2, 0.25) is 5.95 Å². The van der Waals surface area contributed by atoms with E-state index in [0.717, 1.165) is 12.2 Å². The molecule has 0 aromatic carbocycles. The molecule has 0 amide bonds. The minimum Gasteiger partial charge on any atom is -0.383 e. The highest BCUT2D eigenvalue weighted by molar-refractivity contribution is 5.37. The van der Waals surface area contributed by atoms with Gasteiger partial charge in [-0.3, -0.25) is 0 Å². The number of rotatable bonds is 7. The van der Waals surface area contributed by atoms with Gasteiger partial charge in [0.1, 0.15) is 0 Å². The molecular formula is C10H19N5O. The largest absolute Gasteiger partial charge is 0.383 e. The molecule has 1 atom stereocenters. The summed E-state index contributed by atoms with van der Waals surface area (Å²) in [7, 11) is 1.65. The van der Waals surface area contributed by atoms with Gasteiger partial charge in [0.15, 0.2) is 5.82 Å². The molecule has 0 saturated carbocycles. The first kappa shape index (κ1) is 12.6. The highest BCUT2D eigenvalue weighted by Gasteiger charge is 2.02. The van der Waals surface area contributed by atoms with Gasteiger partial charge in [-0.1, -0.05) is 6.92 Å². The van der Waals surface area contributed by atoms with Gasteiger partial charge in [-0.25, -0.2) is 0 Å². The average molecular weight is 225 g/mol. The van der Waals surface area contributed by atoms with Crippen LogP contribution in [0.2, 0.25) is 0 Å². The van der Waals surface area contributed by atoms with E-state index < -0.39 is 0 Å². The molecule has 6 heteroatoms. The van der Waals surface area contributed by atoms with E-state index in [1.807, 2.05) is 0 Å². The Kier molecular flexibility index (Phi) is 5.49. The molecule has 0 bridgehead atoms. The number of ether oxygens (including phenoxy) is 1. The summed E-state index contributed by atoms with van der Waals surface area (Å²) in [6.45, 7) is 5.50. The third kappa shape index (κ3) is 4.39. The summed E-state index contributed by atoms with van der Waals surface area (Å²) < 4.78 is 4.92. The Balaban J connectivity index is 2.50. The molecule has 1 heterocycles. The molecule has 0 fully saturated rings. The van der Waals surface area contributed by atoms with Crippen LogP contribution in [-0.2, 0) is 4.74 Å². The monoisotopic (exact) mass is 225 g/mol. The highest BCUT2D eigenvalue weighted by atomic mass is 16.5. The second-order valence-corrected chi connectivity index (χ2v) is 3.54. The van der Waals surface area contributed by atoms with Crippen molar-refractivity contribution in [2.75, 3.05) is 30.9 Å². The van der Waals surface area contributed by atoms with Crippen LogP contribution < -0.4 is 10.6 Å². The zero-order chi connectivity index (χ0) is 11.8. The van der Waals surface area contributed by atoms with Crippen molar-refractivity contribution in [1.29, 1.82) is 0 Å². The smallest absolute Gasteiger partial charge is 0.244 e. The van der Waals surface area contributed by atoms with Crippen molar-refractivity contribution in [3.63, 3.8) is 0 Å². The lowest BCUT2D eigenvalue weighted by Gasteiger charge is -2.12. The molecule has 90 valence electrons. The number of hydrogen-bond acceptors (Lipinski definition) is 6. The van der Waals surface area contributed by atoms with Crippen molar-refractivity contribution in [3.05, 3.63) is 6.20 Å². The summed E-state index contributed by atoms with van der Waals surface area (Å²) in [5.41, 5.74) is 0. The minimum atomic E-state index is 0.378. The Morgan fingerprint density at radius 1 is 1.50 bits per heavy atom. The Morgan fingerprint density at radius 2 is 2.31 bits per heavy atom. The van der Waals surface area contributed by atoms with E-state index in [2.05, 4.69) is 39.7 Å². The maximum atomic E-state index is 4.92. The Labute approximate surface area is 95.8 Å². The third-order valence-electron chi connectivity index (χ3n) is 2.15. The normalized spacial score (nSPS) is 12.2. The number of anilines is 2. The summed E-state index contributed by atoms with van der Waals surface area (Å²) in [5, 5.41) is 14.0. The summed E-state index contributed by atoms with van der Waals surface area (Å²) in [5.74, 6) is 1.26. The molecule has 0 aliphatic heterocycles. The van der Waals surface area contributed by atoms with Gasteiger partial charge in [-0.05, 0) is 13.3 Å². The first-order valence-electron chi connectivity index (χ1n) is 5.45. The predicted octanol–water partition coefficient (Wildman–Crippen LogP) is 1.14. The molecule has 1 unspecified atom stereocenters. The first-order valence-corrected chi connectivity index (χ1v) is 5.45. The number of aromatic nitrogens is 3. The topological polar surface area (TPSA) is 72.0 Å². The second kappa shape index (κ2) is 6.95. The zero-order valence-electron chi connectivity index (χ0n) is 10.0. The van der Waals surface area contributed by atoms with Gasteiger partial charge in [0, 0.05) is 19.7 Å². The van der Waals surface area contributed by atoms with E-state index in [-0.39, 0.29) is 0 Å². The fourth-order valence-electron chi connectivity index (χ4n) is 1.07. The van der Waals surface area contributed by atoms with Crippen LogP contribution in [0.4, 0.5) is 11.8 Å². The van der Waals surface area contributed by atoms with Crippen molar-refractivity contribution in [1.82, 2.24) is 15.2 Å². The van der Waals surface area contributed by atoms with E-state index in [0.29, 0.717) is 25.1 Å². The molecule has 16 heavy (non-hydrogen) atoms. The van der Waals surface area contributed by atoms with E-state index in [1.165, 1.54) is 0 Å². The fourth-order valence-corrected chi connectivity index (χ4v) is 1.07. The highest BCUT2D eigenvalue weighted by Crippen LogP contribution is 2.06. The molecule has 1 rings (SSSR count). The quantitative estimate of drug-likeness (QED) is 0.678. The van der Waals surface area contributed by atoms with E-state index in [9.17, 15) is 0 Å². The van der Waals surface area contributed by atoms with Crippen LogP contribution in [0.5, 0.6) is 0 Å². The van der Waals surface area contributed by atoms with E-state index in [1.54, 1.807) is 13.3 Å². The van der Waals surface area contributed by atoms with Crippen LogP contribution in [0.15, 0.2) is 6.20 Å². The predicted molar refractivity (Wildman–Crippen MR) is 63.6 cm³/mol. The average Bonchev–Trinajstić information content (AvgIpc) is 2.30. The second-order valence-electron chi connectivity index (χ2n) is 3.54. The molecule has 0 spiro atoms. The number of nitrogens with zero attached hydrogens (tertiary/aromatic N) is 3. The number of hydrogen-bond donors (Lipinski definition) is 2. The lowest BCUT2D eigenvalue weighted by molar-refractivity contribution is 0.210. The zero-order valence-corrected chi connectivity index (χ0v) is 10.0. The molecule has 1 aromatic rings. The lowest BCUT2D eigenvalue weighted by atomic mass is 10.3. The Hall–Kier alpha value is -1.43. The van der Waals surface area contributed by atoms with Gasteiger partial charge < -0.3 is 15.4 Å². The summed E-state index contributed by atoms with van der Waals surface area (Å²) >= 11 is 0. The Morgan fingerprint density at radius 3 is 3.00 bits per heavy atom. The van der Waals surface area contributed by atoms with Crippen molar-refractivity contribution in [3.8, 4) is 0 Å². The molecule has 0 aliphatic rings. The molecule has 0 saturated heterocycles. The maximum absolute atomic E-state index is 4.92. The van der Waals surface area contributed by atoms with Crippen molar-refractivity contribution in [2.45, 2.75) is 26.3 Å².